The molecule has 1 N–H and O–H groups in total. The maximum Gasteiger partial charge on any atom is 0.405 e. The molecular formula is C42H43F3N6O4S. The molecule has 0 radical (unpaired) electrons. The maximum atomic E-state index is 13.8. The molecule has 10 nitrogen and oxygen atoms in total. The van der Waals surface area contributed by atoms with E-state index in [1.165, 1.54) is 30.1 Å². The number of aromatic nitrogens is 2. The van der Waals surface area contributed by atoms with Gasteiger partial charge >= 0.3 is 6.18 Å². The normalized spacial score (nSPS) is 16.5. The molecule has 4 heterocycles. The second-order valence-electron chi connectivity index (χ2n) is 14.3. The third kappa shape index (κ3) is 8.62. The molecular weight excluding hydrogens is 742 g/mol. The highest BCUT2D eigenvalue weighted by Gasteiger charge is 2.46. The predicted octanol–water partition coefficient (Wildman–Crippen LogP) is 7.59. The van der Waals surface area contributed by atoms with Gasteiger partial charge in [0.2, 0.25) is 0 Å². The van der Waals surface area contributed by atoms with Crippen molar-refractivity contribution in [3.8, 4) is 16.9 Å². The number of Topliss-reactive ketones (excluding diaryl/α,β-unsaturated/α-hetero) is 2. The molecule has 7 rings (SSSR count). The van der Waals surface area contributed by atoms with Crippen molar-refractivity contribution in [1.82, 2.24) is 19.8 Å². The van der Waals surface area contributed by atoms with E-state index in [9.17, 15) is 27.6 Å². The van der Waals surface area contributed by atoms with Crippen LogP contribution in [0.3, 0.4) is 0 Å². The lowest BCUT2D eigenvalue weighted by atomic mass is 9.94. The van der Waals surface area contributed by atoms with E-state index in [0.29, 0.717) is 79.1 Å². The minimum Gasteiger partial charge on any atom is -0.493 e. The van der Waals surface area contributed by atoms with Crippen LogP contribution in [0.15, 0.2) is 72.8 Å². The number of rotatable bonds is 12. The average Bonchev–Trinajstić information content (AvgIpc) is 3.58. The van der Waals surface area contributed by atoms with Crippen molar-refractivity contribution in [2.24, 2.45) is 0 Å². The summed E-state index contributed by atoms with van der Waals surface area (Å²) in [5.74, 6) is 0.539. The van der Waals surface area contributed by atoms with Crippen LogP contribution in [-0.2, 0) is 17.8 Å². The highest BCUT2D eigenvalue weighted by molar-refractivity contribution is 7.22. The number of halogens is 3. The van der Waals surface area contributed by atoms with Crippen LogP contribution in [0.1, 0.15) is 57.8 Å². The Labute approximate surface area is 327 Å². The van der Waals surface area contributed by atoms with Gasteiger partial charge in [0.25, 0.3) is 5.91 Å². The van der Waals surface area contributed by atoms with Crippen molar-refractivity contribution in [2.45, 2.75) is 52.4 Å². The molecule has 292 valence electrons. The number of piperazine rings is 1. The largest absolute Gasteiger partial charge is 0.493 e. The zero-order valence-electron chi connectivity index (χ0n) is 31.5. The average molecular weight is 785 g/mol. The molecule has 1 fully saturated rings. The first kappa shape index (κ1) is 39.1. The molecule has 1 amide bonds. The number of hydrogen-bond acceptors (Lipinski definition) is 10. The van der Waals surface area contributed by atoms with E-state index >= 15 is 0 Å². The van der Waals surface area contributed by atoms with Gasteiger partial charge in [-0.25, -0.2) is 9.97 Å². The van der Waals surface area contributed by atoms with Crippen LogP contribution < -0.4 is 15.0 Å². The zero-order valence-corrected chi connectivity index (χ0v) is 32.3. The molecule has 2 aromatic heterocycles. The molecule has 1 atom stereocenters. The van der Waals surface area contributed by atoms with Gasteiger partial charge in [-0.3, -0.25) is 24.6 Å². The van der Waals surface area contributed by atoms with E-state index in [1.807, 2.05) is 79.7 Å². The summed E-state index contributed by atoms with van der Waals surface area (Å²) in [6.45, 7) is 6.75. The number of benzene rings is 3. The number of hydrogen-bond donors (Lipinski definition) is 1. The Morgan fingerprint density at radius 3 is 2.50 bits per heavy atom. The summed E-state index contributed by atoms with van der Waals surface area (Å²) in [5, 5.41) is 3.52. The number of amides is 1. The van der Waals surface area contributed by atoms with E-state index in [-0.39, 0.29) is 37.1 Å². The number of ether oxygens (including phenoxy) is 1. The zero-order chi connectivity index (χ0) is 39.6. The molecule has 0 spiro atoms. The standard InChI is InChI=1S/C42H43F3N6O4S/c1-26(52)23-50-21-20-49(25-37(50)42(43,44)45)18-8-22-55-35-13-7-10-30(27(35)2)31-15-16-38(47-39(31)28(3)53)51-19-17-29-9-6-11-32(33(29)24-51)40(54)48-41-46-34-12-4-5-14-36(34)56-41/h4-7,9-16,37H,8,17-25H2,1-3H3,(H,46,48,54). The van der Waals surface area contributed by atoms with Gasteiger partial charge in [-0.1, -0.05) is 47.7 Å². The number of carbonyl (C=O) groups excluding carboxylic acids is 3. The number of anilines is 2. The Balaban J connectivity index is 1.02. The third-order valence-electron chi connectivity index (χ3n) is 10.4. The summed E-state index contributed by atoms with van der Waals surface area (Å²) in [4.78, 5) is 52.7. The van der Waals surface area contributed by atoms with Gasteiger partial charge in [0.1, 0.15) is 29.1 Å². The summed E-state index contributed by atoms with van der Waals surface area (Å²) in [6, 6.07) is 21.2. The molecule has 2 aliphatic heterocycles. The lowest BCUT2D eigenvalue weighted by Crippen LogP contribution is -2.59. The van der Waals surface area contributed by atoms with E-state index in [0.717, 1.165) is 32.5 Å². The molecule has 2 aliphatic rings. The first-order valence-corrected chi connectivity index (χ1v) is 19.5. The van der Waals surface area contributed by atoms with E-state index in [1.54, 1.807) is 4.90 Å². The van der Waals surface area contributed by atoms with Crippen molar-refractivity contribution in [1.29, 1.82) is 0 Å². The van der Waals surface area contributed by atoms with Gasteiger partial charge in [0.05, 0.1) is 23.4 Å². The second-order valence-corrected chi connectivity index (χ2v) is 15.4. The smallest absolute Gasteiger partial charge is 0.405 e. The minimum absolute atomic E-state index is 0.173. The number of fused-ring (bicyclic) bond motifs is 2. The minimum atomic E-state index is -4.42. The fourth-order valence-corrected chi connectivity index (χ4v) is 8.45. The number of nitrogens with one attached hydrogen (secondary N) is 1. The van der Waals surface area contributed by atoms with Gasteiger partial charge in [0.15, 0.2) is 10.9 Å². The number of thiazole rings is 1. The third-order valence-corrected chi connectivity index (χ3v) is 11.4. The topological polar surface area (TPSA) is 108 Å². The summed E-state index contributed by atoms with van der Waals surface area (Å²) in [6.07, 6.45) is -3.21. The summed E-state index contributed by atoms with van der Waals surface area (Å²) < 4.78 is 48.5. The van der Waals surface area contributed by atoms with Crippen LogP contribution in [0.5, 0.6) is 5.75 Å². The van der Waals surface area contributed by atoms with E-state index in [4.69, 9.17) is 9.72 Å². The van der Waals surface area contributed by atoms with Crippen molar-refractivity contribution < 1.29 is 32.3 Å². The van der Waals surface area contributed by atoms with Crippen LogP contribution in [0.2, 0.25) is 0 Å². The highest BCUT2D eigenvalue weighted by Crippen LogP contribution is 2.35. The monoisotopic (exact) mass is 784 g/mol. The molecule has 0 aliphatic carbocycles. The Morgan fingerprint density at radius 1 is 0.929 bits per heavy atom. The molecule has 1 saturated heterocycles. The molecule has 1 unspecified atom stereocenters. The number of para-hydroxylation sites is 1. The molecule has 3 aromatic carbocycles. The Morgan fingerprint density at radius 2 is 1.73 bits per heavy atom. The van der Waals surface area contributed by atoms with Crippen LogP contribution in [0, 0.1) is 6.92 Å². The Hall–Kier alpha value is -5.18. The van der Waals surface area contributed by atoms with E-state index in [2.05, 4.69) is 15.2 Å². The number of pyridine rings is 1. The van der Waals surface area contributed by atoms with Crippen molar-refractivity contribution in [3.05, 3.63) is 101 Å². The summed E-state index contributed by atoms with van der Waals surface area (Å²) in [5.41, 5.74) is 5.99. The maximum absolute atomic E-state index is 13.8. The quantitative estimate of drug-likeness (QED) is 0.101. The number of ketones is 2. The van der Waals surface area contributed by atoms with Crippen LogP contribution >= 0.6 is 11.3 Å². The van der Waals surface area contributed by atoms with Gasteiger partial charge in [-0.2, -0.15) is 13.2 Å². The van der Waals surface area contributed by atoms with Gasteiger partial charge in [-0.15, -0.1) is 0 Å². The van der Waals surface area contributed by atoms with Crippen LogP contribution in [-0.4, -0.2) is 95.3 Å². The molecule has 56 heavy (non-hydrogen) atoms. The van der Waals surface area contributed by atoms with Crippen molar-refractivity contribution in [2.75, 3.05) is 56.1 Å². The summed E-state index contributed by atoms with van der Waals surface area (Å²) in [7, 11) is 0. The van der Waals surface area contributed by atoms with Gasteiger partial charge in [-0.05, 0) is 85.3 Å². The van der Waals surface area contributed by atoms with Crippen molar-refractivity contribution >= 4 is 50.0 Å². The van der Waals surface area contributed by atoms with E-state index < -0.39 is 12.2 Å². The van der Waals surface area contributed by atoms with Gasteiger partial charge < -0.3 is 14.5 Å². The fourth-order valence-electron chi connectivity index (χ4n) is 7.59. The lowest BCUT2D eigenvalue weighted by Gasteiger charge is -2.41. The summed E-state index contributed by atoms with van der Waals surface area (Å²) >= 11 is 1.43. The predicted molar refractivity (Wildman–Crippen MR) is 212 cm³/mol. The fraction of sp³-hybridized carbons (Fsp3) is 0.357. The molecule has 5 aromatic rings. The molecule has 14 heteroatoms. The lowest BCUT2D eigenvalue weighted by molar-refractivity contribution is -0.197. The number of nitrogens with zero attached hydrogens (tertiary/aromatic N) is 5. The Kier molecular flexibility index (Phi) is 11.5. The number of alkyl halides is 3. The first-order valence-electron chi connectivity index (χ1n) is 18.7. The molecule has 0 saturated carbocycles. The highest BCUT2D eigenvalue weighted by atomic mass is 32.1. The number of carbonyl (C=O) groups is 3. The van der Waals surface area contributed by atoms with Crippen LogP contribution in [0.4, 0.5) is 24.1 Å². The van der Waals surface area contributed by atoms with Crippen LogP contribution in [0.25, 0.3) is 21.3 Å². The second kappa shape index (κ2) is 16.5. The van der Waals surface area contributed by atoms with Gasteiger partial charge in [0, 0.05) is 57.3 Å². The molecule has 0 bridgehead atoms. The first-order chi connectivity index (χ1) is 26.9. The van der Waals surface area contributed by atoms with Crippen molar-refractivity contribution in [3.63, 3.8) is 0 Å². The SMILES string of the molecule is CC(=O)CN1CCN(CCCOc2cccc(-c3ccc(N4CCc5cccc(C(=O)Nc6nc7ccccc7s6)c5C4)nc3C(C)=O)c2C)CC1C(F)(F)F. The Bertz CT molecular complexity index is 2240.